The Morgan fingerprint density at radius 2 is 1.62 bits per heavy atom. The highest BCUT2D eigenvalue weighted by molar-refractivity contribution is 7.80. The molecule has 0 amide bonds. The normalized spacial score (nSPS) is 18.0. The van der Waals surface area contributed by atoms with Crippen LogP contribution in [0.1, 0.15) is 31.7 Å². The second-order valence-corrected chi connectivity index (χ2v) is 10.5. The van der Waals surface area contributed by atoms with Crippen LogP contribution >= 0.6 is 23.8 Å². The SMILES string of the molecule is C[C@@H]1CCCCN1c1cc(N2CCN(c3ccccc3)CC2)nc(NC(=S)NCc2ccc(Cl)cc2)n1. The summed E-state index contributed by atoms with van der Waals surface area (Å²) in [6.07, 6.45) is 3.63. The molecule has 0 bridgehead atoms. The molecule has 2 N–H and O–H groups in total. The fourth-order valence-corrected chi connectivity index (χ4v) is 5.28. The number of thiocarbonyl (C=S) groups is 1. The molecule has 3 heterocycles. The summed E-state index contributed by atoms with van der Waals surface area (Å²) in [4.78, 5) is 17.0. The van der Waals surface area contributed by atoms with Gasteiger partial charge in [0.15, 0.2) is 5.11 Å². The molecule has 0 radical (unpaired) electrons. The van der Waals surface area contributed by atoms with Crippen LogP contribution in [0.5, 0.6) is 0 Å². The summed E-state index contributed by atoms with van der Waals surface area (Å²) in [6.45, 7) is 7.60. The number of nitrogens with one attached hydrogen (secondary N) is 2. The first-order chi connectivity index (χ1) is 18.0. The van der Waals surface area contributed by atoms with Crippen LogP contribution in [0.3, 0.4) is 0 Å². The molecule has 0 spiro atoms. The van der Waals surface area contributed by atoms with Crippen molar-refractivity contribution < 1.29 is 0 Å². The molecule has 0 saturated carbocycles. The summed E-state index contributed by atoms with van der Waals surface area (Å²) in [6, 6.07) is 20.9. The Morgan fingerprint density at radius 3 is 2.35 bits per heavy atom. The van der Waals surface area contributed by atoms with Gasteiger partial charge in [0, 0.05) is 62.1 Å². The Hall–Kier alpha value is -3.10. The summed E-state index contributed by atoms with van der Waals surface area (Å²) >= 11 is 11.6. The number of piperazine rings is 1. The van der Waals surface area contributed by atoms with Gasteiger partial charge in [0.2, 0.25) is 5.95 Å². The number of hydrogen-bond acceptors (Lipinski definition) is 6. The number of piperidine rings is 1. The maximum Gasteiger partial charge on any atom is 0.232 e. The third-order valence-corrected chi connectivity index (χ3v) is 7.61. The number of para-hydroxylation sites is 1. The smallest absolute Gasteiger partial charge is 0.232 e. The predicted octanol–water partition coefficient (Wildman–Crippen LogP) is 5.32. The van der Waals surface area contributed by atoms with Crippen molar-refractivity contribution in [3.63, 3.8) is 0 Å². The molecule has 1 aromatic heterocycles. The van der Waals surface area contributed by atoms with Crippen LogP contribution in [0, 0.1) is 0 Å². The lowest BCUT2D eigenvalue weighted by Gasteiger charge is -2.38. The van der Waals surface area contributed by atoms with Gasteiger partial charge in [-0.3, -0.25) is 0 Å². The van der Waals surface area contributed by atoms with E-state index in [4.69, 9.17) is 33.8 Å². The molecule has 2 fully saturated rings. The molecule has 2 aromatic carbocycles. The van der Waals surface area contributed by atoms with Crippen LogP contribution in [0.15, 0.2) is 60.7 Å². The lowest BCUT2D eigenvalue weighted by atomic mass is 10.0. The lowest BCUT2D eigenvalue weighted by molar-refractivity contribution is 0.481. The number of hydrogen-bond donors (Lipinski definition) is 2. The van der Waals surface area contributed by atoms with Gasteiger partial charge in [-0.25, -0.2) is 0 Å². The monoisotopic (exact) mass is 535 g/mol. The highest BCUT2D eigenvalue weighted by Crippen LogP contribution is 2.28. The molecule has 0 unspecified atom stereocenters. The Morgan fingerprint density at radius 1 is 0.919 bits per heavy atom. The van der Waals surface area contributed by atoms with Crippen molar-refractivity contribution >= 4 is 52.2 Å². The highest BCUT2D eigenvalue weighted by Gasteiger charge is 2.24. The van der Waals surface area contributed by atoms with Gasteiger partial charge in [-0.15, -0.1) is 0 Å². The molecular weight excluding hydrogens is 502 g/mol. The van der Waals surface area contributed by atoms with E-state index < -0.39 is 0 Å². The van der Waals surface area contributed by atoms with Gasteiger partial charge >= 0.3 is 0 Å². The minimum absolute atomic E-state index is 0.453. The topological polar surface area (TPSA) is 59.6 Å². The van der Waals surface area contributed by atoms with Gasteiger partial charge in [0.25, 0.3) is 0 Å². The third-order valence-electron chi connectivity index (χ3n) is 7.11. The second kappa shape index (κ2) is 12.0. The van der Waals surface area contributed by atoms with Crippen molar-refractivity contribution in [1.82, 2.24) is 15.3 Å². The largest absolute Gasteiger partial charge is 0.368 e. The van der Waals surface area contributed by atoms with Crippen molar-refractivity contribution in [3.05, 3.63) is 71.2 Å². The number of aromatic nitrogens is 2. The van der Waals surface area contributed by atoms with Crippen molar-refractivity contribution in [3.8, 4) is 0 Å². The van der Waals surface area contributed by atoms with Gasteiger partial charge in [-0.1, -0.05) is 41.9 Å². The summed E-state index contributed by atoms with van der Waals surface area (Å²) in [7, 11) is 0. The predicted molar refractivity (Wildman–Crippen MR) is 158 cm³/mol. The molecule has 37 heavy (non-hydrogen) atoms. The first-order valence-corrected chi connectivity index (χ1v) is 13.8. The molecule has 2 aliphatic rings. The molecule has 0 aliphatic carbocycles. The maximum absolute atomic E-state index is 6.00. The summed E-state index contributed by atoms with van der Waals surface area (Å²) in [5, 5.41) is 7.72. The zero-order valence-corrected chi connectivity index (χ0v) is 22.8. The Kier molecular flexibility index (Phi) is 8.26. The van der Waals surface area contributed by atoms with Crippen molar-refractivity contribution in [1.29, 1.82) is 0 Å². The van der Waals surface area contributed by atoms with E-state index >= 15 is 0 Å². The van der Waals surface area contributed by atoms with Gasteiger partial charge in [0.1, 0.15) is 11.6 Å². The zero-order chi connectivity index (χ0) is 25.6. The fourth-order valence-electron chi connectivity index (χ4n) is 4.99. The Bertz CT molecular complexity index is 1180. The summed E-state index contributed by atoms with van der Waals surface area (Å²) in [5.41, 5.74) is 2.37. The van der Waals surface area contributed by atoms with Crippen LogP contribution in [-0.2, 0) is 6.54 Å². The minimum atomic E-state index is 0.453. The molecule has 2 aliphatic heterocycles. The molecule has 2 saturated heterocycles. The van der Waals surface area contributed by atoms with E-state index in [0.29, 0.717) is 23.6 Å². The average Bonchev–Trinajstić information content (AvgIpc) is 2.93. The molecule has 9 heteroatoms. The van der Waals surface area contributed by atoms with E-state index in [0.717, 1.165) is 54.9 Å². The molecule has 7 nitrogen and oxygen atoms in total. The van der Waals surface area contributed by atoms with Crippen LogP contribution in [0.25, 0.3) is 0 Å². The third kappa shape index (κ3) is 6.62. The number of benzene rings is 2. The summed E-state index contributed by atoms with van der Waals surface area (Å²) < 4.78 is 0. The molecule has 5 rings (SSSR count). The number of rotatable bonds is 6. The zero-order valence-electron chi connectivity index (χ0n) is 21.2. The second-order valence-electron chi connectivity index (χ2n) is 9.69. The number of nitrogens with zero attached hydrogens (tertiary/aromatic N) is 5. The van der Waals surface area contributed by atoms with E-state index in [1.165, 1.54) is 24.9 Å². The van der Waals surface area contributed by atoms with Crippen molar-refractivity contribution in [2.24, 2.45) is 0 Å². The van der Waals surface area contributed by atoms with Gasteiger partial charge in [-0.05, 0) is 68.2 Å². The van der Waals surface area contributed by atoms with Crippen LogP contribution in [0.4, 0.5) is 23.3 Å². The minimum Gasteiger partial charge on any atom is -0.368 e. The quantitative estimate of drug-likeness (QED) is 0.411. The average molecular weight is 536 g/mol. The van der Waals surface area contributed by atoms with Crippen molar-refractivity contribution in [2.75, 3.05) is 52.7 Å². The number of anilines is 4. The summed E-state index contributed by atoms with van der Waals surface area (Å²) in [5.74, 6) is 2.44. The van der Waals surface area contributed by atoms with E-state index in [1.54, 1.807) is 0 Å². The lowest BCUT2D eigenvalue weighted by Crippen LogP contribution is -2.47. The fraction of sp³-hybridized carbons (Fsp3) is 0.393. The Balaban J connectivity index is 1.31. The van der Waals surface area contributed by atoms with Gasteiger partial charge in [0.05, 0.1) is 0 Å². The molecule has 1 atom stereocenters. The van der Waals surface area contributed by atoms with Crippen molar-refractivity contribution in [2.45, 2.75) is 38.8 Å². The molecule has 3 aromatic rings. The first kappa shape index (κ1) is 25.5. The van der Waals surface area contributed by atoms with Gasteiger partial charge < -0.3 is 25.3 Å². The van der Waals surface area contributed by atoms with E-state index in [-0.39, 0.29) is 0 Å². The number of halogens is 1. The van der Waals surface area contributed by atoms with Gasteiger partial charge in [-0.2, -0.15) is 9.97 Å². The standard InChI is InChI=1S/C28H34ClN7S/c1-21-7-5-6-14-36(21)26-19-25(35-17-15-34(16-18-35)24-8-3-2-4-9-24)31-27(32-26)33-28(37)30-20-22-10-12-23(29)13-11-22/h2-4,8-13,19,21H,5-7,14-18,20H2,1H3,(H2,30,31,32,33,37)/t21-/m1/s1. The van der Waals surface area contributed by atoms with E-state index in [9.17, 15) is 0 Å². The van der Waals surface area contributed by atoms with Crippen LogP contribution in [-0.4, -0.2) is 53.8 Å². The maximum atomic E-state index is 6.00. The highest BCUT2D eigenvalue weighted by atomic mass is 35.5. The van der Waals surface area contributed by atoms with Crippen LogP contribution in [0.2, 0.25) is 5.02 Å². The van der Waals surface area contributed by atoms with Crippen LogP contribution < -0.4 is 25.3 Å². The molecule has 194 valence electrons. The first-order valence-electron chi connectivity index (χ1n) is 13.0. The van der Waals surface area contributed by atoms with E-state index in [1.807, 2.05) is 24.3 Å². The molecular formula is C28H34ClN7S. The Labute approximate surface area is 229 Å². The van der Waals surface area contributed by atoms with E-state index in [2.05, 4.69) is 68.7 Å².